The summed E-state index contributed by atoms with van der Waals surface area (Å²) in [6, 6.07) is 21.7. The van der Waals surface area contributed by atoms with Crippen molar-refractivity contribution in [3.63, 3.8) is 0 Å². The van der Waals surface area contributed by atoms with Crippen molar-refractivity contribution in [1.82, 2.24) is 15.5 Å². The SMILES string of the molecule is COc1ccccc1CNC(=O)C(=O)N[C@H](C)[C@@H](c1cccs1)N1CCN(c2ccccc2)CC1. The van der Waals surface area contributed by atoms with Gasteiger partial charge in [0.25, 0.3) is 0 Å². The van der Waals surface area contributed by atoms with Crippen LogP contribution in [-0.2, 0) is 16.1 Å². The number of methoxy groups -OCH3 is 1. The Bertz CT molecular complexity index is 1100. The largest absolute Gasteiger partial charge is 0.496 e. The monoisotopic (exact) mass is 492 g/mol. The molecule has 1 saturated heterocycles. The molecule has 1 fully saturated rings. The molecule has 2 aromatic carbocycles. The summed E-state index contributed by atoms with van der Waals surface area (Å²) in [6.07, 6.45) is 0. The fourth-order valence-electron chi connectivity index (χ4n) is 4.56. The third-order valence-corrected chi connectivity index (χ3v) is 7.28. The molecule has 3 aromatic rings. The molecule has 2 amide bonds. The maximum absolute atomic E-state index is 12.7. The van der Waals surface area contributed by atoms with Crippen molar-refractivity contribution in [2.24, 2.45) is 0 Å². The zero-order chi connectivity index (χ0) is 24.6. The predicted molar refractivity (Wildman–Crippen MR) is 140 cm³/mol. The number of nitrogens with zero attached hydrogens (tertiary/aromatic N) is 2. The van der Waals surface area contributed by atoms with Gasteiger partial charge in [-0.15, -0.1) is 11.3 Å². The van der Waals surface area contributed by atoms with Gasteiger partial charge in [-0.05, 0) is 36.6 Å². The second-order valence-corrected chi connectivity index (χ2v) is 9.55. The number of carbonyl (C=O) groups excluding carboxylic acids is 2. The van der Waals surface area contributed by atoms with Crippen LogP contribution in [0.25, 0.3) is 0 Å². The fourth-order valence-corrected chi connectivity index (χ4v) is 5.52. The second-order valence-electron chi connectivity index (χ2n) is 8.58. The van der Waals surface area contributed by atoms with Crippen LogP contribution in [0.15, 0.2) is 72.1 Å². The number of benzene rings is 2. The van der Waals surface area contributed by atoms with E-state index in [-0.39, 0.29) is 18.6 Å². The molecular formula is C27H32N4O3S. The lowest BCUT2D eigenvalue weighted by atomic mass is 10.0. The van der Waals surface area contributed by atoms with Gasteiger partial charge in [-0.1, -0.05) is 42.5 Å². The highest BCUT2D eigenvalue weighted by molar-refractivity contribution is 7.10. The highest BCUT2D eigenvalue weighted by Crippen LogP contribution is 2.30. The number of amides is 2. The van der Waals surface area contributed by atoms with Gasteiger partial charge in [0.1, 0.15) is 5.75 Å². The lowest BCUT2D eigenvalue weighted by Crippen LogP contribution is -2.53. The number of carbonyl (C=O) groups is 2. The number of anilines is 1. The molecule has 0 aliphatic carbocycles. The first-order valence-electron chi connectivity index (χ1n) is 11.8. The second kappa shape index (κ2) is 11.9. The van der Waals surface area contributed by atoms with E-state index in [1.807, 2.05) is 43.3 Å². The van der Waals surface area contributed by atoms with Crippen LogP contribution < -0.4 is 20.3 Å². The van der Waals surface area contributed by atoms with E-state index in [2.05, 4.69) is 56.1 Å². The molecule has 7 nitrogen and oxygen atoms in total. The third kappa shape index (κ3) is 6.21. The number of para-hydroxylation sites is 2. The minimum atomic E-state index is -0.651. The number of thiophene rings is 1. The first kappa shape index (κ1) is 24.8. The van der Waals surface area contributed by atoms with E-state index in [9.17, 15) is 9.59 Å². The fraction of sp³-hybridized carbons (Fsp3) is 0.333. The molecule has 0 unspecified atom stereocenters. The van der Waals surface area contributed by atoms with Crippen molar-refractivity contribution in [3.05, 3.63) is 82.6 Å². The Kier molecular flexibility index (Phi) is 8.39. The summed E-state index contributed by atoms with van der Waals surface area (Å²) in [5.74, 6) is -0.604. The van der Waals surface area contributed by atoms with E-state index in [1.165, 1.54) is 10.6 Å². The Labute approximate surface area is 210 Å². The van der Waals surface area contributed by atoms with Crippen LogP contribution in [0, 0.1) is 0 Å². The number of ether oxygens (including phenoxy) is 1. The molecule has 0 spiro atoms. The Balaban J connectivity index is 1.37. The highest BCUT2D eigenvalue weighted by Gasteiger charge is 2.32. The summed E-state index contributed by atoms with van der Waals surface area (Å²) in [6.45, 7) is 5.76. The van der Waals surface area contributed by atoms with Crippen LogP contribution in [0.4, 0.5) is 5.69 Å². The Hall–Kier alpha value is -3.36. The van der Waals surface area contributed by atoms with Gasteiger partial charge in [0.05, 0.1) is 13.2 Å². The lowest BCUT2D eigenvalue weighted by molar-refractivity contribution is -0.140. The van der Waals surface area contributed by atoms with E-state index < -0.39 is 11.8 Å². The van der Waals surface area contributed by atoms with Crippen molar-refractivity contribution in [1.29, 1.82) is 0 Å². The molecule has 1 aromatic heterocycles. The molecular weight excluding hydrogens is 460 g/mol. The molecule has 1 aliphatic rings. The first-order valence-corrected chi connectivity index (χ1v) is 12.7. The van der Waals surface area contributed by atoms with Gasteiger partial charge in [0.2, 0.25) is 0 Å². The van der Waals surface area contributed by atoms with Crippen LogP contribution >= 0.6 is 11.3 Å². The Morgan fingerprint density at radius 2 is 1.66 bits per heavy atom. The summed E-state index contributed by atoms with van der Waals surface area (Å²) in [7, 11) is 1.58. The lowest BCUT2D eigenvalue weighted by Gasteiger charge is -2.42. The first-order chi connectivity index (χ1) is 17.1. The van der Waals surface area contributed by atoms with E-state index in [4.69, 9.17) is 4.74 Å². The molecule has 4 rings (SSSR count). The van der Waals surface area contributed by atoms with Crippen molar-refractivity contribution in [3.8, 4) is 5.75 Å². The molecule has 0 bridgehead atoms. The number of rotatable bonds is 8. The number of hydrogen-bond acceptors (Lipinski definition) is 6. The molecule has 8 heteroatoms. The Morgan fingerprint density at radius 1 is 0.943 bits per heavy atom. The van der Waals surface area contributed by atoms with Crippen LogP contribution in [0.5, 0.6) is 5.75 Å². The van der Waals surface area contributed by atoms with Gasteiger partial charge >= 0.3 is 11.8 Å². The smallest absolute Gasteiger partial charge is 0.309 e. The third-order valence-electron chi connectivity index (χ3n) is 6.33. The number of nitrogens with one attached hydrogen (secondary N) is 2. The summed E-state index contributed by atoms with van der Waals surface area (Å²) in [5.41, 5.74) is 2.05. The van der Waals surface area contributed by atoms with Crippen LogP contribution in [0.2, 0.25) is 0 Å². The molecule has 184 valence electrons. The maximum atomic E-state index is 12.7. The van der Waals surface area contributed by atoms with Crippen molar-refractivity contribution in [2.75, 3.05) is 38.2 Å². The van der Waals surface area contributed by atoms with E-state index >= 15 is 0 Å². The standard InChI is InChI=1S/C27H32N4O3S/c1-20(29-27(33)26(32)28-19-21-9-6-7-12-23(21)34-2)25(24-13-8-18-35-24)31-16-14-30(15-17-31)22-10-4-3-5-11-22/h3-13,18,20,25H,14-17,19H2,1-2H3,(H,28,32)(H,29,33)/t20-,25+/m1/s1. The van der Waals surface area contributed by atoms with Gasteiger partial charge in [-0.25, -0.2) is 0 Å². The van der Waals surface area contributed by atoms with Crippen molar-refractivity contribution >= 4 is 28.8 Å². The zero-order valence-electron chi connectivity index (χ0n) is 20.1. The predicted octanol–water partition coefficient (Wildman–Crippen LogP) is 3.44. The molecule has 0 radical (unpaired) electrons. The normalized spacial score (nSPS) is 15.8. The topological polar surface area (TPSA) is 73.9 Å². The van der Waals surface area contributed by atoms with E-state index in [0.717, 1.165) is 31.7 Å². The summed E-state index contributed by atoms with van der Waals surface area (Å²) in [5, 5.41) is 7.70. The van der Waals surface area contributed by atoms with Crippen LogP contribution in [0.1, 0.15) is 23.4 Å². The zero-order valence-corrected chi connectivity index (χ0v) is 21.0. The van der Waals surface area contributed by atoms with Crippen molar-refractivity contribution in [2.45, 2.75) is 25.6 Å². The van der Waals surface area contributed by atoms with Gasteiger partial charge in [0, 0.05) is 54.9 Å². The average Bonchev–Trinajstić information content (AvgIpc) is 3.42. The number of piperazine rings is 1. The summed E-state index contributed by atoms with van der Waals surface area (Å²) < 4.78 is 5.32. The molecule has 1 aliphatic heterocycles. The summed E-state index contributed by atoms with van der Waals surface area (Å²) in [4.78, 5) is 31.3. The van der Waals surface area contributed by atoms with Crippen molar-refractivity contribution < 1.29 is 14.3 Å². The molecule has 2 N–H and O–H groups in total. The molecule has 35 heavy (non-hydrogen) atoms. The highest BCUT2D eigenvalue weighted by atomic mass is 32.1. The van der Waals surface area contributed by atoms with E-state index in [0.29, 0.717) is 5.75 Å². The number of hydrogen-bond donors (Lipinski definition) is 2. The molecule has 2 heterocycles. The van der Waals surface area contributed by atoms with Gasteiger partial charge < -0.3 is 20.3 Å². The van der Waals surface area contributed by atoms with Gasteiger partial charge in [-0.3, -0.25) is 14.5 Å². The minimum absolute atomic E-state index is 0.00103. The Morgan fingerprint density at radius 3 is 2.34 bits per heavy atom. The summed E-state index contributed by atoms with van der Waals surface area (Å²) >= 11 is 1.68. The van der Waals surface area contributed by atoms with Crippen LogP contribution in [0.3, 0.4) is 0 Å². The van der Waals surface area contributed by atoms with Gasteiger partial charge in [-0.2, -0.15) is 0 Å². The van der Waals surface area contributed by atoms with E-state index in [1.54, 1.807) is 18.4 Å². The van der Waals surface area contributed by atoms with Crippen LogP contribution in [-0.4, -0.2) is 56.0 Å². The maximum Gasteiger partial charge on any atom is 0.309 e. The average molecular weight is 493 g/mol. The molecule has 2 atom stereocenters. The minimum Gasteiger partial charge on any atom is -0.496 e. The molecule has 0 saturated carbocycles. The van der Waals surface area contributed by atoms with Gasteiger partial charge in [0.15, 0.2) is 0 Å². The quantitative estimate of drug-likeness (QED) is 0.472.